The molecule has 35 heavy (non-hydrogen) atoms. The summed E-state index contributed by atoms with van der Waals surface area (Å²) in [7, 11) is 0. The summed E-state index contributed by atoms with van der Waals surface area (Å²) >= 11 is 5.98. The number of benzene rings is 3. The van der Waals surface area contributed by atoms with Crippen LogP contribution in [0.5, 0.6) is 5.75 Å². The van der Waals surface area contributed by atoms with Crippen molar-refractivity contribution in [2.45, 2.75) is 13.0 Å². The highest BCUT2D eigenvalue weighted by Gasteiger charge is 2.20. The molecule has 1 heterocycles. The van der Waals surface area contributed by atoms with E-state index in [0.717, 1.165) is 17.7 Å². The third kappa shape index (κ3) is 5.20. The molecule has 0 saturated carbocycles. The number of ether oxygens (including phenoxy) is 1. The molecule has 176 valence electrons. The van der Waals surface area contributed by atoms with E-state index < -0.39 is 22.4 Å². The Labute approximate surface area is 203 Å². The van der Waals surface area contributed by atoms with E-state index in [4.69, 9.17) is 20.8 Å². The minimum Gasteiger partial charge on any atom is -0.423 e. The SMILES string of the molecule is CC(NC(=O)c1cc2ccc(OC(=O)c3cc([N+](=O)[O-])ccc3Cl)cc2oc1=O)c1ccccc1. The molecule has 1 aromatic heterocycles. The maximum atomic E-state index is 12.7. The summed E-state index contributed by atoms with van der Waals surface area (Å²) in [6.45, 7) is 1.80. The lowest BCUT2D eigenvalue weighted by atomic mass is 10.1. The number of nitrogens with one attached hydrogen (secondary N) is 1. The van der Waals surface area contributed by atoms with Gasteiger partial charge in [-0.1, -0.05) is 41.9 Å². The average Bonchev–Trinajstić information content (AvgIpc) is 2.84. The maximum Gasteiger partial charge on any atom is 0.349 e. The molecule has 1 N–H and O–H groups in total. The van der Waals surface area contributed by atoms with Crippen LogP contribution in [0.3, 0.4) is 0 Å². The fourth-order valence-electron chi connectivity index (χ4n) is 3.36. The van der Waals surface area contributed by atoms with E-state index in [1.165, 1.54) is 30.3 Å². The number of amides is 1. The topological polar surface area (TPSA) is 129 Å². The molecule has 0 aliphatic heterocycles. The fraction of sp³-hybridized carbons (Fsp3) is 0.0800. The predicted molar refractivity (Wildman–Crippen MR) is 128 cm³/mol. The normalized spacial score (nSPS) is 11.6. The number of rotatable bonds is 6. The van der Waals surface area contributed by atoms with Crippen molar-refractivity contribution in [1.82, 2.24) is 5.32 Å². The molecule has 0 aliphatic carbocycles. The minimum atomic E-state index is -0.925. The van der Waals surface area contributed by atoms with Gasteiger partial charge in [-0.15, -0.1) is 0 Å². The second-order valence-corrected chi connectivity index (χ2v) is 7.97. The summed E-state index contributed by atoms with van der Waals surface area (Å²) in [6, 6.07) is 18.0. The molecule has 10 heteroatoms. The Bertz CT molecular complexity index is 1520. The van der Waals surface area contributed by atoms with Gasteiger partial charge in [-0.05, 0) is 36.8 Å². The molecular formula is C25H17ClN2O7. The Hall–Kier alpha value is -4.50. The largest absolute Gasteiger partial charge is 0.423 e. The zero-order valence-corrected chi connectivity index (χ0v) is 18.9. The van der Waals surface area contributed by atoms with Crippen molar-refractivity contribution in [1.29, 1.82) is 0 Å². The fourth-order valence-corrected chi connectivity index (χ4v) is 3.55. The third-order valence-electron chi connectivity index (χ3n) is 5.19. The zero-order valence-electron chi connectivity index (χ0n) is 18.2. The number of hydrogen-bond acceptors (Lipinski definition) is 7. The summed E-state index contributed by atoms with van der Waals surface area (Å²) in [5, 5.41) is 14.1. The van der Waals surface area contributed by atoms with Gasteiger partial charge in [0.1, 0.15) is 16.9 Å². The van der Waals surface area contributed by atoms with Gasteiger partial charge in [0.2, 0.25) is 0 Å². The first-order valence-corrected chi connectivity index (χ1v) is 10.7. The van der Waals surface area contributed by atoms with Gasteiger partial charge >= 0.3 is 11.6 Å². The monoisotopic (exact) mass is 492 g/mol. The van der Waals surface area contributed by atoms with Crippen LogP contribution in [-0.2, 0) is 0 Å². The maximum absolute atomic E-state index is 12.7. The number of nitro groups is 1. The highest BCUT2D eigenvalue weighted by molar-refractivity contribution is 6.33. The van der Waals surface area contributed by atoms with Crippen LogP contribution in [0.15, 0.2) is 82.0 Å². The first-order chi connectivity index (χ1) is 16.7. The highest BCUT2D eigenvalue weighted by atomic mass is 35.5. The molecule has 1 atom stereocenters. The number of halogens is 1. The van der Waals surface area contributed by atoms with Gasteiger partial charge in [0.25, 0.3) is 11.6 Å². The Morgan fingerprint density at radius 2 is 1.77 bits per heavy atom. The van der Waals surface area contributed by atoms with Crippen LogP contribution in [0.2, 0.25) is 5.02 Å². The molecule has 0 spiro atoms. The van der Waals surface area contributed by atoms with Crippen molar-refractivity contribution in [2.75, 3.05) is 0 Å². The van der Waals surface area contributed by atoms with Gasteiger partial charge in [0.05, 0.1) is 21.6 Å². The summed E-state index contributed by atoms with van der Waals surface area (Å²) in [5.41, 5.74) is -0.589. The van der Waals surface area contributed by atoms with Crippen molar-refractivity contribution in [3.63, 3.8) is 0 Å². The summed E-state index contributed by atoms with van der Waals surface area (Å²) in [4.78, 5) is 48.0. The van der Waals surface area contributed by atoms with Crippen molar-refractivity contribution in [2.24, 2.45) is 0 Å². The molecule has 9 nitrogen and oxygen atoms in total. The number of nitro benzene ring substituents is 1. The molecule has 1 unspecified atom stereocenters. The number of hydrogen-bond donors (Lipinski definition) is 1. The third-order valence-corrected chi connectivity index (χ3v) is 5.52. The van der Waals surface area contributed by atoms with E-state index in [0.29, 0.717) is 5.39 Å². The highest BCUT2D eigenvalue weighted by Crippen LogP contribution is 2.26. The first kappa shape index (κ1) is 23.7. The average molecular weight is 493 g/mol. The van der Waals surface area contributed by atoms with Crippen molar-refractivity contribution >= 4 is 40.1 Å². The van der Waals surface area contributed by atoms with Crippen molar-refractivity contribution < 1.29 is 23.7 Å². The van der Waals surface area contributed by atoms with E-state index >= 15 is 0 Å². The Morgan fingerprint density at radius 3 is 2.49 bits per heavy atom. The molecule has 1 amide bonds. The van der Waals surface area contributed by atoms with E-state index in [-0.39, 0.29) is 39.2 Å². The van der Waals surface area contributed by atoms with Gasteiger partial charge in [-0.25, -0.2) is 9.59 Å². The molecule has 3 aromatic carbocycles. The van der Waals surface area contributed by atoms with Crippen LogP contribution < -0.4 is 15.7 Å². The van der Waals surface area contributed by atoms with Crippen LogP contribution in [0.25, 0.3) is 11.0 Å². The van der Waals surface area contributed by atoms with Crippen molar-refractivity contribution in [3.8, 4) is 5.75 Å². The van der Waals surface area contributed by atoms with Gasteiger partial charge < -0.3 is 14.5 Å². The molecule has 4 aromatic rings. The first-order valence-electron chi connectivity index (χ1n) is 10.3. The van der Waals surface area contributed by atoms with E-state index in [2.05, 4.69) is 5.32 Å². The van der Waals surface area contributed by atoms with E-state index in [1.807, 2.05) is 30.3 Å². The second kappa shape index (κ2) is 9.78. The van der Waals surface area contributed by atoms with Crippen LogP contribution in [0.4, 0.5) is 5.69 Å². The molecule has 0 saturated heterocycles. The molecular weight excluding hydrogens is 476 g/mol. The number of carbonyl (C=O) groups is 2. The Morgan fingerprint density at radius 1 is 1.03 bits per heavy atom. The minimum absolute atomic E-state index is 0.0168. The summed E-state index contributed by atoms with van der Waals surface area (Å²) < 4.78 is 10.5. The zero-order chi connectivity index (χ0) is 25.1. The van der Waals surface area contributed by atoms with Gasteiger partial charge in [-0.3, -0.25) is 14.9 Å². The van der Waals surface area contributed by atoms with Crippen molar-refractivity contribution in [3.05, 3.63) is 115 Å². The van der Waals surface area contributed by atoms with Gasteiger partial charge in [-0.2, -0.15) is 0 Å². The molecule has 0 bridgehead atoms. The number of nitrogens with zero attached hydrogens (tertiary/aromatic N) is 1. The standard InChI is InChI=1S/C25H17ClN2O7/c1-14(15-5-3-2-4-6-15)27-23(29)20-11-16-7-9-18(13-22(16)35-25(20)31)34-24(30)19-12-17(28(32)33)8-10-21(19)26/h2-14H,1H3,(H,27,29). The van der Waals surface area contributed by atoms with Gasteiger partial charge in [0.15, 0.2) is 0 Å². The van der Waals surface area contributed by atoms with Crippen LogP contribution in [-0.4, -0.2) is 16.8 Å². The molecule has 0 radical (unpaired) electrons. The summed E-state index contributed by atoms with van der Waals surface area (Å²) in [5.74, 6) is -1.50. The van der Waals surface area contributed by atoms with Crippen LogP contribution in [0.1, 0.15) is 39.2 Å². The summed E-state index contributed by atoms with van der Waals surface area (Å²) in [6.07, 6.45) is 0. The number of carbonyl (C=O) groups excluding carboxylic acids is 2. The van der Waals surface area contributed by atoms with E-state index in [1.54, 1.807) is 6.92 Å². The predicted octanol–water partition coefficient (Wildman–Crippen LogP) is 5.06. The van der Waals surface area contributed by atoms with Crippen LogP contribution >= 0.6 is 11.6 Å². The smallest absolute Gasteiger partial charge is 0.349 e. The Kier molecular flexibility index (Phi) is 6.61. The van der Waals surface area contributed by atoms with Gasteiger partial charge in [0, 0.05) is 23.6 Å². The van der Waals surface area contributed by atoms with Crippen LogP contribution in [0, 0.1) is 10.1 Å². The Balaban J connectivity index is 1.56. The van der Waals surface area contributed by atoms with E-state index in [9.17, 15) is 24.5 Å². The lowest BCUT2D eigenvalue weighted by Gasteiger charge is -2.14. The lowest BCUT2D eigenvalue weighted by molar-refractivity contribution is -0.384. The molecule has 4 rings (SSSR count). The second-order valence-electron chi connectivity index (χ2n) is 7.56. The number of fused-ring (bicyclic) bond motifs is 1. The quantitative estimate of drug-likeness (QED) is 0.131. The molecule has 0 fully saturated rings. The number of esters is 1. The number of non-ortho nitro benzene ring substituents is 1. The molecule has 0 aliphatic rings. The lowest BCUT2D eigenvalue weighted by Crippen LogP contribution is -2.30.